The molecule has 10 heavy (non-hydrogen) atoms. The predicted molar refractivity (Wildman–Crippen MR) is 40.0 cm³/mol. The van der Waals surface area contributed by atoms with Crippen LogP contribution in [0.4, 0.5) is 0 Å². The highest BCUT2D eigenvalue weighted by atomic mass is 16.1. The summed E-state index contributed by atoms with van der Waals surface area (Å²) in [6.07, 6.45) is 0. The number of hydrogen-bond donors (Lipinski definition) is 1. The minimum Gasteiger partial charge on any atom is -0.313 e. The molecular formula is C7H14N2O. The Bertz CT molecular complexity index is 136. The number of carbonyl (C=O) groups is 1. The summed E-state index contributed by atoms with van der Waals surface area (Å²) in [6.45, 7) is 4.44. The maximum absolute atomic E-state index is 10.9. The quantitative estimate of drug-likeness (QED) is 0.534. The Balaban J connectivity index is 2.47. The average Bonchev–Trinajstić information content (AvgIpc) is 1.88. The molecule has 0 aromatic carbocycles. The van der Waals surface area contributed by atoms with Crippen molar-refractivity contribution in [3.05, 3.63) is 0 Å². The number of rotatable bonds is 1. The van der Waals surface area contributed by atoms with E-state index in [0.717, 1.165) is 19.6 Å². The third-order valence-electron chi connectivity index (χ3n) is 1.98. The van der Waals surface area contributed by atoms with Crippen molar-refractivity contribution >= 4 is 5.78 Å². The Labute approximate surface area is 61.4 Å². The summed E-state index contributed by atoms with van der Waals surface area (Å²) >= 11 is 0. The SMILES string of the molecule is CC(=O)[C@H]1CNCCN1C. The number of Topliss-reactive ketones (excluding diaryl/α,β-unsaturated/α-hetero) is 1. The fourth-order valence-corrected chi connectivity index (χ4v) is 1.26. The number of hydrogen-bond acceptors (Lipinski definition) is 3. The molecule has 1 fully saturated rings. The van der Waals surface area contributed by atoms with Gasteiger partial charge in [-0.25, -0.2) is 0 Å². The van der Waals surface area contributed by atoms with Crippen LogP contribution in [0.15, 0.2) is 0 Å². The third-order valence-corrected chi connectivity index (χ3v) is 1.98. The van der Waals surface area contributed by atoms with Crippen LogP contribution in [0, 0.1) is 0 Å². The second-order valence-electron chi connectivity index (χ2n) is 2.81. The Morgan fingerprint density at radius 1 is 1.70 bits per heavy atom. The second kappa shape index (κ2) is 3.12. The lowest BCUT2D eigenvalue weighted by Gasteiger charge is -2.30. The van der Waals surface area contributed by atoms with Gasteiger partial charge in [-0.3, -0.25) is 9.69 Å². The number of likely N-dealkylation sites (N-methyl/N-ethyl adjacent to an activating group) is 1. The molecule has 1 aliphatic heterocycles. The summed E-state index contributed by atoms with van der Waals surface area (Å²) in [7, 11) is 1.99. The summed E-state index contributed by atoms with van der Waals surface area (Å²) in [4.78, 5) is 13.0. The van der Waals surface area contributed by atoms with E-state index >= 15 is 0 Å². The van der Waals surface area contributed by atoms with Crippen LogP contribution in [-0.2, 0) is 4.79 Å². The lowest BCUT2D eigenvalue weighted by molar-refractivity contribution is -0.122. The van der Waals surface area contributed by atoms with Crippen molar-refractivity contribution in [1.82, 2.24) is 10.2 Å². The second-order valence-corrected chi connectivity index (χ2v) is 2.81. The number of nitrogens with one attached hydrogen (secondary N) is 1. The van der Waals surface area contributed by atoms with Crippen LogP contribution in [-0.4, -0.2) is 43.4 Å². The molecule has 0 spiro atoms. The molecule has 1 aliphatic rings. The van der Waals surface area contributed by atoms with Gasteiger partial charge in [-0.2, -0.15) is 0 Å². The molecule has 0 bridgehead atoms. The lowest BCUT2D eigenvalue weighted by Crippen LogP contribution is -2.52. The van der Waals surface area contributed by atoms with E-state index in [0.29, 0.717) is 0 Å². The van der Waals surface area contributed by atoms with Crippen LogP contribution in [0.25, 0.3) is 0 Å². The van der Waals surface area contributed by atoms with Gasteiger partial charge in [0.05, 0.1) is 6.04 Å². The fraction of sp³-hybridized carbons (Fsp3) is 0.857. The zero-order valence-corrected chi connectivity index (χ0v) is 6.55. The van der Waals surface area contributed by atoms with Crippen LogP contribution in [0.5, 0.6) is 0 Å². The molecule has 0 aromatic heterocycles. The minimum atomic E-state index is 0.105. The number of piperazine rings is 1. The number of nitrogens with zero attached hydrogens (tertiary/aromatic N) is 1. The molecule has 1 heterocycles. The number of ketones is 1. The van der Waals surface area contributed by atoms with Gasteiger partial charge in [-0.15, -0.1) is 0 Å². The van der Waals surface area contributed by atoms with E-state index in [9.17, 15) is 4.79 Å². The average molecular weight is 142 g/mol. The highest BCUT2D eigenvalue weighted by molar-refractivity contribution is 5.81. The lowest BCUT2D eigenvalue weighted by atomic mass is 10.1. The molecule has 1 rings (SSSR count). The topological polar surface area (TPSA) is 32.3 Å². The summed E-state index contributed by atoms with van der Waals surface area (Å²) in [5, 5.41) is 3.18. The van der Waals surface area contributed by atoms with E-state index in [2.05, 4.69) is 10.2 Å². The summed E-state index contributed by atoms with van der Waals surface area (Å²) in [5.74, 6) is 0.259. The zero-order chi connectivity index (χ0) is 7.56. The third kappa shape index (κ3) is 1.55. The number of carbonyl (C=O) groups excluding carboxylic acids is 1. The molecule has 1 atom stereocenters. The zero-order valence-electron chi connectivity index (χ0n) is 6.55. The van der Waals surface area contributed by atoms with Crippen LogP contribution >= 0.6 is 0 Å². The van der Waals surface area contributed by atoms with Crippen molar-refractivity contribution in [1.29, 1.82) is 0 Å². The van der Waals surface area contributed by atoms with Crippen molar-refractivity contribution in [2.45, 2.75) is 13.0 Å². The first-order valence-corrected chi connectivity index (χ1v) is 3.63. The molecule has 3 heteroatoms. The van der Waals surface area contributed by atoms with Crippen LogP contribution in [0.3, 0.4) is 0 Å². The molecule has 58 valence electrons. The predicted octanol–water partition coefficient (Wildman–Crippen LogP) is -0.521. The van der Waals surface area contributed by atoms with E-state index in [1.807, 2.05) is 7.05 Å². The van der Waals surface area contributed by atoms with E-state index in [4.69, 9.17) is 0 Å². The van der Waals surface area contributed by atoms with Crippen LogP contribution < -0.4 is 5.32 Å². The highest BCUT2D eigenvalue weighted by Crippen LogP contribution is 1.99. The molecule has 0 aromatic rings. The molecule has 1 saturated heterocycles. The molecule has 0 saturated carbocycles. The van der Waals surface area contributed by atoms with E-state index in [1.165, 1.54) is 0 Å². The van der Waals surface area contributed by atoms with Crippen molar-refractivity contribution in [2.24, 2.45) is 0 Å². The van der Waals surface area contributed by atoms with Gasteiger partial charge in [0.15, 0.2) is 0 Å². The molecule has 0 radical (unpaired) electrons. The molecule has 0 amide bonds. The Hall–Kier alpha value is -0.410. The van der Waals surface area contributed by atoms with Gasteiger partial charge >= 0.3 is 0 Å². The summed E-state index contributed by atoms with van der Waals surface area (Å²) < 4.78 is 0. The Morgan fingerprint density at radius 2 is 2.40 bits per heavy atom. The molecule has 1 N–H and O–H groups in total. The smallest absolute Gasteiger partial charge is 0.148 e. The Morgan fingerprint density at radius 3 is 2.80 bits per heavy atom. The fourth-order valence-electron chi connectivity index (χ4n) is 1.26. The van der Waals surface area contributed by atoms with Gasteiger partial charge in [0, 0.05) is 19.6 Å². The van der Waals surface area contributed by atoms with Gasteiger partial charge in [-0.05, 0) is 14.0 Å². The van der Waals surface area contributed by atoms with Crippen LogP contribution in [0.2, 0.25) is 0 Å². The maximum atomic E-state index is 10.9. The van der Waals surface area contributed by atoms with Gasteiger partial charge in [0.2, 0.25) is 0 Å². The standard InChI is InChI=1S/C7H14N2O/c1-6(10)7-5-8-3-4-9(7)2/h7-8H,3-5H2,1-2H3/t7-/m1/s1. The first-order chi connectivity index (χ1) is 4.72. The summed E-state index contributed by atoms with van der Waals surface area (Å²) in [5.41, 5.74) is 0. The van der Waals surface area contributed by atoms with E-state index in [-0.39, 0.29) is 11.8 Å². The summed E-state index contributed by atoms with van der Waals surface area (Å²) in [6, 6.07) is 0.105. The van der Waals surface area contributed by atoms with E-state index < -0.39 is 0 Å². The normalized spacial score (nSPS) is 28.4. The largest absolute Gasteiger partial charge is 0.313 e. The van der Waals surface area contributed by atoms with E-state index in [1.54, 1.807) is 6.92 Å². The van der Waals surface area contributed by atoms with Crippen molar-refractivity contribution < 1.29 is 4.79 Å². The van der Waals surface area contributed by atoms with Gasteiger partial charge < -0.3 is 5.32 Å². The van der Waals surface area contributed by atoms with Crippen molar-refractivity contribution in [3.63, 3.8) is 0 Å². The maximum Gasteiger partial charge on any atom is 0.148 e. The highest BCUT2D eigenvalue weighted by Gasteiger charge is 2.21. The van der Waals surface area contributed by atoms with Gasteiger partial charge in [0.25, 0.3) is 0 Å². The van der Waals surface area contributed by atoms with Gasteiger partial charge in [0.1, 0.15) is 5.78 Å². The molecular weight excluding hydrogens is 128 g/mol. The van der Waals surface area contributed by atoms with Gasteiger partial charge in [-0.1, -0.05) is 0 Å². The monoisotopic (exact) mass is 142 g/mol. The first-order valence-electron chi connectivity index (χ1n) is 3.63. The minimum absolute atomic E-state index is 0.105. The Kier molecular flexibility index (Phi) is 2.40. The van der Waals surface area contributed by atoms with Crippen LogP contribution in [0.1, 0.15) is 6.92 Å². The first kappa shape index (κ1) is 7.69. The van der Waals surface area contributed by atoms with Crippen molar-refractivity contribution in [2.75, 3.05) is 26.7 Å². The van der Waals surface area contributed by atoms with Crippen molar-refractivity contribution in [3.8, 4) is 0 Å². The molecule has 3 nitrogen and oxygen atoms in total. The molecule has 0 aliphatic carbocycles. The molecule has 0 unspecified atom stereocenters.